The van der Waals surface area contributed by atoms with Crippen LogP contribution in [0.5, 0.6) is 0 Å². The Kier molecular flexibility index (Phi) is 2.74. The molecule has 0 radical (unpaired) electrons. The van der Waals surface area contributed by atoms with E-state index in [2.05, 4.69) is 9.97 Å². The molecular formula is C11H7ClN2O. The average molecular weight is 219 g/mol. The zero-order chi connectivity index (χ0) is 10.7. The van der Waals surface area contributed by atoms with E-state index in [9.17, 15) is 4.79 Å². The molecule has 0 fully saturated rings. The van der Waals surface area contributed by atoms with Crippen LogP contribution in [-0.4, -0.2) is 15.8 Å². The molecule has 2 heterocycles. The van der Waals surface area contributed by atoms with E-state index >= 15 is 0 Å². The van der Waals surface area contributed by atoms with Crippen molar-refractivity contribution >= 4 is 17.4 Å². The Labute approximate surface area is 91.8 Å². The van der Waals surface area contributed by atoms with Crippen molar-refractivity contribution in [1.29, 1.82) is 0 Å². The molecule has 0 atom stereocenters. The Morgan fingerprint density at radius 1 is 1.20 bits per heavy atom. The SMILES string of the molecule is O=C(c1cccnc1)c1cccnc1Cl. The Morgan fingerprint density at radius 2 is 2.00 bits per heavy atom. The third-order valence-electron chi connectivity index (χ3n) is 1.93. The molecule has 74 valence electrons. The standard InChI is InChI=1S/C11H7ClN2O/c12-11-9(4-2-6-14-11)10(15)8-3-1-5-13-7-8/h1-7H. The van der Waals surface area contributed by atoms with Gasteiger partial charge in [-0.05, 0) is 24.3 Å². The fourth-order valence-corrected chi connectivity index (χ4v) is 1.41. The fraction of sp³-hybridized carbons (Fsp3) is 0. The van der Waals surface area contributed by atoms with E-state index in [-0.39, 0.29) is 10.9 Å². The van der Waals surface area contributed by atoms with Gasteiger partial charge in [0.15, 0.2) is 5.78 Å². The molecule has 0 aliphatic rings. The maximum absolute atomic E-state index is 11.9. The second-order valence-electron chi connectivity index (χ2n) is 2.91. The lowest BCUT2D eigenvalue weighted by molar-refractivity contribution is 0.103. The number of nitrogens with zero attached hydrogens (tertiary/aromatic N) is 2. The Bertz CT molecular complexity index is 485. The van der Waals surface area contributed by atoms with E-state index in [1.54, 1.807) is 36.7 Å². The van der Waals surface area contributed by atoms with Crippen molar-refractivity contribution in [3.63, 3.8) is 0 Å². The van der Waals surface area contributed by atoms with Crippen molar-refractivity contribution in [1.82, 2.24) is 9.97 Å². The van der Waals surface area contributed by atoms with E-state index in [4.69, 9.17) is 11.6 Å². The summed E-state index contributed by atoms with van der Waals surface area (Å²) in [6.07, 6.45) is 4.66. The molecule has 0 spiro atoms. The molecule has 0 amide bonds. The molecule has 0 saturated carbocycles. The summed E-state index contributed by atoms with van der Waals surface area (Å²) < 4.78 is 0. The van der Waals surface area contributed by atoms with Gasteiger partial charge in [-0.1, -0.05) is 11.6 Å². The molecule has 2 rings (SSSR count). The molecule has 2 aromatic heterocycles. The molecule has 0 bridgehead atoms. The first-order valence-corrected chi connectivity index (χ1v) is 4.72. The fourth-order valence-electron chi connectivity index (χ4n) is 1.21. The zero-order valence-corrected chi connectivity index (χ0v) is 8.48. The number of pyridine rings is 2. The molecule has 2 aromatic rings. The molecule has 0 aliphatic heterocycles. The lowest BCUT2D eigenvalue weighted by Crippen LogP contribution is -2.03. The molecule has 0 unspecified atom stereocenters. The summed E-state index contributed by atoms with van der Waals surface area (Å²) in [5.74, 6) is -0.166. The van der Waals surface area contributed by atoms with Crippen LogP contribution in [0.2, 0.25) is 5.15 Å². The maximum atomic E-state index is 11.9. The van der Waals surface area contributed by atoms with Crippen molar-refractivity contribution in [3.05, 3.63) is 59.1 Å². The van der Waals surface area contributed by atoms with Gasteiger partial charge in [0.1, 0.15) is 5.15 Å². The normalized spacial score (nSPS) is 9.93. The zero-order valence-electron chi connectivity index (χ0n) is 7.72. The number of aromatic nitrogens is 2. The van der Waals surface area contributed by atoms with E-state index in [1.165, 1.54) is 6.20 Å². The first kappa shape index (κ1) is 9.80. The third kappa shape index (κ3) is 2.02. The van der Waals surface area contributed by atoms with Crippen LogP contribution in [0.3, 0.4) is 0 Å². The number of ketones is 1. The minimum atomic E-state index is -0.166. The molecule has 0 aliphatic carbocycles. The van der Waals surface area contributed by atoms with Crippen LogP contribution < -0.4 is 0 Å². The van der Waals surface area contributed by atoms with Crippen LogP contribution in [0, 0.1) is 0 Å². The van der Waals surface area contributed by atoms with Crippen molar-refractivity contribution < 1.29 is 4.79 Å². The van der Waals surface area contributed by atoms with Crippen LogP contribution in [0.25, 0.3) is 0 Å². The summed E-state index contributed by atoms with van der Waals surface area (Å²) in [7, 11) is 0. The highest BCUT2D eigenvalue weighted by Crippen LogP contribution is 2.15. The van der Waals surface area contributed by atoms with Gasteiger partial charge in [0.2, 0.25) is 0 Å². The first-order valence-electron chi connectivity index (χ1n) is 4.34. The average Bonchev–Trinajstić information content (AvgIpc) is 2.30. The monoisotopic (exact) mass is 218 g/mol. The quantitative estimate of drug-likeness (QED) is 0.574. The van der Waals surface area contributed by atoms with Crippen molar-refractivity contribution in [2.24, 2.45) is 0 Å². The lowest BCUT2D eigenvalue weighted by atomic mass is 10.1. The van der Waals surface area contributed by atoms with Gasteiger partial charge in [0.05, 0.1) is 5.56 Å². The van der Waals surface area contributed by atoms with Crippen LogP contribution in [-0.2, 0) is 0 Å². The van der Waals surface area contributed by atoms with Crippen LogP contribution in [0.15, 0.2) is 42.9 Å². The van der Waals surface area contributed by atoms with E-state index in [1.807, 2.05) is 0 Å². The predicted octanol–water partition coefficient (Wildman–Crippen LogP) is 2.36. The molecule has 0 saturated heterocycles. The van der Waals surface area contributed by atoms with Crippen molar-refractivity contribution in [3.8, 4) is 0 Å². The van der Waals surface area contributed by atoms with E-state index < -0.39 is 0 Å². The number of rotatable bonds is 2. The largest absolute Gasteiger partial charge is 0.288 e. The van der Waals surface area contributed by atoms with Crippen LogP contribution in [0.4, 0.5) is 0 Å². The lowest BCUT2D eigenvalue weighted by Gasteiger charge is -2.01. The van der Waals surface area contributed by atoms with Crippen LogP contribution >= 0.6 is 11.6 Å². The Balaban J connectivity index is 2.42. The van der Waals surface area contributed by atoms with Gasteiger partial charge >= 0.3 is 0 Å². The molecular weight excluding hydrogens is 212 g/mol. The highest BCUT2D eigenvalue weighted by molar-refractivity contribution is 6.33. The Morgan fingerprint density at radius 3 is 2.67 bits per heavy atom. The molecule has 3 nitrogen and oxygen atoms in total. The summed E-state index contributed by atoms with van der Waals surface area (Å²) in [6, 6.07) is 6.72. The van der Waals surface area contributed by atoms with Gasteiger partial charge in [-0.25, -0.2) is 4.98 Å². The number of carbonyl (C=O) groups is 1. The molecule has 15 heavy (non-hydrogen) atoms. The van der Waals surface area contributed by atoms with Crippen molar-refractivity contribution in [2.75, 3.05) is 0 Å². The van der Waals surface area contributed by atoms with Gasteiger partial charge in [-0.3, -0.25) is 9.78 Å². The summed E-state index contributed by atoms with van der Waals surface area (Å²) in [5, 5.41) is 0.214. The van der Waals surface area contributed by atoms with E-state index in [0.717, 1.165) is 0 Å². The second-order valence-corrected chi connectivity index (χ2v) is 3.27. The highest BCUT2D eigenvalue weighted by atomic mass is 35.5. The van der Waals surface area contributed by atoms with Gasteiger partial charge in [0, 0.05) is 24.2 Å². The predicted molar refractivity (Wildman–Crippen MR) is 56.9 cm³/mol. The second kappa shape index (κ2) is 4.19. The number of hydrogen-bond acceptors (Lipinski definition) is 3. The minimum absolute atomic E-state index is 0.166. The third-order valence-corrected chi connectivity index (χ3v) is 2.23. The van der Waals surface area contributed by atoms with Gasteiger partial charge in [0.25, 0.3) is 0 Å². The van der Waals surface area contributed by atoms with Crippen LogP contribution in [0.1, 0.15) is 15.9 Å². The van der Waals surface area contributed by atoms with Gasteiger partial charge in [-0.15, -0.1) is 0 Å². The Hall–Kier alpha value is -1.74. The number of carbonyl (C=O) groups excluding carboxylic acids is 1. The molecule has 0 N–H and O–H groups in total. The molecule has 4 heteroatoms. The number of halogens is 1. The van der Waals surface area contributed by atoms with E-state index in [0.29, 0.717) is 11.1 Å². The van der Waals surface area contributed by atoms with Gasteiger partial charge in [-0.2, -0.15) is 0 Å². The molecule has 0 aromatic carbocycles. The summed E-state index contributed by atoms with van der Waals surface area (Å²) >= 11 is 5.82. The smallest absolute Gasteiger partial charge is 0.197 e. The topological polar surface area (TPSA) is 42.9 Å². The number of hydrogen-bond donors (Lipinski definition) is 0. The summed E-state index contributed by atoms with van der Waals surface area (Å²) in [6.45, 7) is 0. The summed E-state index contributed by atoms with van der Waals surface area (Å²) in [4.78, 5) is 19.6. The van der Waals surface area contributed by atoms with Crippen molar-refractivity contribution in [2.45, 2.75) is 0 Å². The maximum Gasteiger partial charge on any atom is 0.197 e. The summed E-state index contributed by atoms with van der Waals surface area (Å²) in [5.41, 5.74) is 0.902. The first-order chi connectivity index (χ1) is 7.29. The highest BCUT2D eigenvalue weighted by Gasteiger charge is 2.12. The van der Waals surface area contributed by atoms with Gasteiger partial charge < -0.3 is 0 Å². The minimum Gasteiger partial charge on any atom is -0.288 e.